The van der Waals surface area contributed by atoms with Gasteiger partial charge in [0.1, 0.15) is 4.21 Å². The zero-order valence-corrected chi connectivity index (χ0v) is 17.4. The lowest BCUT2D eigenvalue weighted by Gasteiger charge is -2.25. The number of hydrogen-bond donors (Lipinski definition) is 1. The van der Waals surface area contributed by atoms with Crippen LogP contribution in [0.3, 0.4) is 0 Å². The number of piperidine rings is 1. The van der Waals surface area contributed by atoms with E-state index < -0.39 is 10.0 Å². The number of likely N-dealkylation sites (N-methyl/N-ethyl adjacent to an activating group) is 1. The number of nitrogens with one attached hydrogen (secondary N) is 1. The monoisotopic (exact) mass is 420 g/mol. The van der Waals surface area contributed by atoms with E-state index in [2.05, 4.69) is 15.5 Å². The van der Waals surface area contributed by atoms with Crippen LogP contribution in [-0.2, 0) is 22.9 Å². The first-order valence-electron chi connectivity index (χ1n) is 8.56. The molecule has 0 radical (unpaired) electrons. The van der Waals surface area contributed by atoms with Crippen molar-refractivity contribution in [2.75, 3.05) is 20.1 Å². The van der Waals surface area contributed by atoms with Crippen LogP contribution in [0.1, 0.15) is 42.8 Å². The molecule has 2 aromatic heterocycles. The third-order valence-corrected chi connectivity index (χ3v) is 7.81. The van der Waals surface area contributed by atoms with Crippen LogP contribution in [0.15, 0.2) is 20.9 Å². The number of halogens is 1. The molecule has 3 rings (SSSR count). The topological polar surface area (TPSA) is 88.3 Å². The minimum atomic E-state index is -3.37. The largest absolute Gasteiger partial charge is 0.339 e. The Labute approximate surface area is 164 Å². The molecular formula is C16H25ClN4O3S2. The Hall–Kier alpha value is -1.00. The van der Waals surface area contributed by atoms with Crippen molar-refractivity contribution in [2.45, 2.75) is 49.3 Å². The van der Waals surface area contributed by atoms with Crippen LogP contribution in [0, 0.1) is 0 Å². The minimum Gasteiger partial charge on any atom is -0.339 e. The summed E-state index contributed by atoms with van der Waals surface area (Å²) in [6.45, 7) is 3.28. The molecule has 1 saturated heterocycles. The third-order valence-electron chi connectivity index (χ3n) is 4.36. The number of nitrogens with zero attached hydrogens (tertiary/aromatic N) is 3. The fourth-order valence-electron chi connectivity index (χ4n) is 2.79. The molecule has 2 aromatic rings. The van der Waals surface area contributed by atoms with Crippen LogP contribution in [0.25, 0.3) is 0 Å². The summed E-state index contributed by atoms with van der Waals surface area (Å²) < 4.78 is 32.7. The molecular weight excluding hydrogens is 396 g/mol. The summed E-state index contributed by atoms with van der Waals surface area (Å²) in [5.41, 5.74) is 0. The maximum absolute atomic E-state index is 12.7. The maximum Gasteiger partial charge on any atom is 0.252 e. The highest BCUT2D eigenvalue weighted by molar-refractivity contribution is 7.91. The zero-order chi connectivity index (χ0) is 17.9. The van der Waals surface area contributed by atoms with Crippen LogP contribution in [0.4, 0.5) is 0 Å². The first-order valence-corrected chi connectivity index (χ1v) is 10.8. The van der Waals surface area contributed by atoms with Gasteiger partial charge >= 0.3 is 0 Å². The maximum atomic E-state index is 12.7. The highest BCUT2D eigenvalue weighted by Crippen LogP contribution is 2.28. The Morgan fingerprint density at radius 3 is 2.73 bits per heavy atom. The van der Waals surface area contributed by atoms with Gasteiger partial charge in [0.15, 0.2) is 5.82 Å². The highest BCUT2D eigenvalue weighted by Gasteiger charge is 2.27. The van der Waals surface area contributed by atoms with Gasteiger partial charge in [0.05, 0.1) is 6.42 Å². The summed E-state index contributed by atoms with van der Waals surface area (Å²) in [5.74, 6) is 1.18. The van der Waals surface area contributed by atoms with Crippen molar-refractivity contribution in [3.63, 3.8) is 0 Å². The van der Waals surface area contributed by atoms with Gasteiger partial charge in [-0.1, -0.05) is 11.6 Å². The molecule has 1 aliphatic rings. The van der Waals surface area contributed by atoms with E-state index in [0.717, 1.165) is 24.1 Å². The Balaban J connectivity index is 0.00000243. The SMILES string of the molecule is CNC(C)Cc1noc(Cc2ccc(S(=O)(=O)N3CCCCC3)s2)n1.Cl. The predicted octanol–water partition coefficient (Wildman–Crippen LogP) is 2.47. The van der Waals surface area contributed by atoms with E-state index in [1.165, 1.54) is 11.3 Å². The van der Waals surface area contributed by atoms with E-state index >= 15 is 0 Å². The number of thiophene rings is 1. The summed E-state index contributed by atoms with van der Waals surface area (Å²) in [4.78, 5) is 5.29. The van der Waals surface area contributed by atoms with Crippen molar-refractivity contribution in [3.05, 3.63) is 28.7 Å². The van der Waals surface area contributed by atoms with E-state index in [9.17, 15) is 8.42 Å². The molecule has 0 spiro atoms. The van der Waals surface area contributed by atoms with Gasteiger partial charge < -0.3 is 9.84 Å². The van der Waals surface area contributed by atoms with Gasteiger partial charge in [-0.15, -0.1) is 23.7 Å². The average molecular weight is 421 g/mol. The standard InChI is InChI=1S/C16H24N4O3S2.ClH/c1-12(17-2)10-14-18-15(23-19-14)11-13-6-7-16(24-13)25(21,22)20-8-4-3-5-9-20;/h6-7,12,17H,3-5,8-11H2,1-2H3;1H. The molecule has 0 aliphatic carbocycles. The second-order valence-corrected chi connectivity index (χ2v) is 9.69. The van der Waals surface area contributed by atoms with Crippen LogP contribution in [0.2, 0.25) is 0 Å². The first kappa shape index (κ1) is 21.3. The second-order valence-electron chi connectivity index (χ2n) is 6.36. The van der Waals surface area contributed by atoms with Gasteiger partial charge in [0, 0.05) is 30.4 Å². The molecule has 0 saturated carbocycles. The number of aromatic nitrogens is 2. The smallest absolute Gasteiger partial charge is 0.252 e. The Morgan fingerprint density at radius 1 is 1.31 bits per heavy atom. The lowest BCUT2D eigenvalue weighted by molar-refractivity contribution is 0.347. The summed E-state index contributed by atoms with van der Waals surface area (Å²) in [6.07, 6.45) is 4.13. The predicted molar refractivity (Wildman–Crippen MR) is 104 cm³/mol. The molecule has 146 valence electrons. The number of rotatable bonds is 7. The van der Waals surface area contributed by atoms with E-state index in [1.807, 2.05) is 20.0 Å². The van der Waals surface area contributed by atoms with Crippen LogP contribution < -0.4 is 5.32 Å². The summed E-state index contributed by atoms with van der Waals surface area (Å²) in [6, 6.07) is 3.79. The molecule has 0 aromatic carbocycles. The highest BCUT2D eigenvalue weighted by atomic mass is 35.5. The quantitative estimate of drug-likeness (QED) is 0.740. The molecule has 7 nitrogen and oxygen atoms in total. The van der Waals surface area contributed by atoms with Crippen LogP contribution in [-0.4, -0.2) is 49.0 Å². The summed E-state index contributed by atoms with van der Waals surface area (Å²) in [7, 11) is -1.48. The van der Waals surface area contributed by atoms with Crippen LogP contribution in [0.5, 0.6) is 0 Å². The molecule has 1 aliphatic heterocycles. The van der Waals surface area contributed by atoms with E-state index in [1.54, 1.807) is 10.4 Å². The third kappa shape index (κ3) is 5.04. The van der Waals surface area contributed by atoms with Gasteiger partial charge in [0.2, 0.25) is 5.89 Å². The molecule has 3 heterocycles. The van der Waals surface area contributed by atoms with E-state index in [-0.39, 0.29) is 18.4 Å². The number of sulfonamides is 1. The van der Waals surface area contributed by atoms with Gasteiger partial charge in [-0.2, -0.15) is 9.29 Å². The lowest BCUT2D eigenvalue weighted by atomic mass is 10.2. The van der Waals surface area contributed by atoms with Crippen molar-refractivity contribution in [1.82, 2.24) is 19.8 Å². The van der Waals surface area contributed by atoms with Crippen molar-refractivity contribution in [2.24, 2.45) is 0 Å². The molecule has 0 bridgehead atoms. The Morgan fingerprint density at radius 2 is 2.04 bits per heavy atom. The van der Waals surface area contributed by atoms with Crippen molar-refractivity contribution < 1.29 is 12.9 Å². The molecule has 0 amide bonds. The zero-order valence-electron chi connectivity index (χ0n) is 15.0. The average Bonchev–Trinajstić information content (AvgIpc) is 3.26. The number of hydrogen-bond acceptors (Lipinski definition) is 7. The Kier molecular flexibility index (Phi) is 7.60. The molecule has 10 heteroatoms. The summed E-state index contributed by atoms with van der Waals surface area (Å²) >= 11 is 1.29. The van der Waals surface area contributed by atoms with E-state index in [0.29, 0.717) is 41.9 Å². The lowest BCUT2D eigenvalue weighted by Crippen LogP contribution is -2.35. The van der Waals surface area contributed by atoms with Crippen molar-refractivity contribution >= 4 is 33.8 Å². The van der Waals surface area contributed by atoms with Gasteiger partial charge in [-0.05, 0) is 38.9 Å². The summed E-state index contributed by atoms with van der Waals surface area (Å²) in [5, 5.41) is 7.11. The van der Waals surface area contributed by atoms with Crippen molar-refractivity contribution in [1.29, 1.82) is 0 Å². The van der Waals surface area contributed by atoms with Crippen molar-refractivity contribution in [3.8, 4) is 0 Å². The second kappa shape index (κ2) is 9.27. The normalized spacial score (nSPS) is 17.0. The van der Waals surface area contributed by atoms with Gasteiger partial charge in [-0.3, -0.25) is 0 Å². The fourth-order valence-corrected chi connectivity index (χ4v) is 5.81. The van der Waals surface area contributed by atoms with E-state index in [4.69, 9.17) is 4.52 Å². The minimum absolute atomic E-state index is 0. The molecule has 26 heavy (non-hydrogen) atoms. The van der Waals surface area contributed by atoms with Gasteiger partial charge in [-0.25, -0.2) is 8.42 Å². The van der Waals surface area contributed by atoms with Crippen LogP contribution >= 0.6 is 23.7 Å². The molecule has 1 fully saturated rings. The molecule has 1 atom stereocenters. The van der Waals surface area contributed by atoms with Gasteiger partial charge in [0.25, 0.3) is 10.0 Å². The Bertz CT molecular complexity index is 800. The fraction of sp³-hybridized carbons (Fsp3) is 0.625. The molecule has 1 unspecified atom stereocenters. The molecule has 1 N–H and O–H groups in total. The first-order chi connectivity index (χ1) is 12.0.